The van der Waals surface area contributed by atoms with Gasteiger partial charge in [-0.2, -0.15) is 0 Å². The van der Waals surface area contributed by atoms with Gasteiger partial charge in [0.25, 0.3) is 0 Å². The van der Waals surface area contributed by atoms with E-state index < -0.39 is 12.0 Å². The first kappa shape index (κ1) is 10.4. The first-order chi connectivity index (χ1) is 5.26. The molecule has 6 heteroatoms. The number of esters is 1. The van der Waals surface area contributed by atoms with Gasteiger partial charge in [-0.3, -0.25) is 4.79 Å². The smallest absolute Gasteiger partial charge is 0.327 e. The van der Waals surface area contributed by atoms with E-state index in [1.54, 1.807) is 6.82 Å². The quantitative estimate of drug-likeness (QED) is 0.297. The van der Waals surface area contributed by atoms with E-state index in [0.29, 0.717) is 0 Å². The average Bonchev–Trinajstić information content (AvgIpc) is 2.05. The van der Waals surface area contributed by atoms with Crippen molar-refractivity contribution in [3.63, 3.8) is 0 Å². The van der Waals surface area contributed by atoms with E-state index >= 15 is 0 Å². The standard InChI is InChI=1S/C5H11BNO4/c1-6-11-7-4(3-8)5(9)10-2/h4,7-8H,3H2,1-2H3. The molecule has 0 fully saturated rings. The lowest BCUT2D eigenvalue weighted by Gasteiger charge is -2.12. The van der Waals surface area contributed by atoms with Gasteiger partial charge in [0.2, 0.25) is 0 Å². The lowest BCUT2D eigenvalue weighted by molar-refractivity contribution is -0.146. The van der Waals surface area contributed by atoms with Gasteiger partial charge in [0.15, 0.2) is 6.04 Å². The molecule has 0 aliphatic rings. The van der Waals surface area contributed by atoms with Gasteiger partial charge < -0.3 is 14.6 Å². The summed E-state index contributed by atoms with van der Waals surface area (Å²) in [6, 6.07) is -0.823. The van der Waals surface area contributed by atoms with Gasteiger partial charge in [-0.05, 0) is 0 Å². The molecule has 1 unspecified atom stereocenters. The molecular weight excluding hydrogens is 149 g/mol. The molecule has 0 spiro atoms. The highest BCUT2D eigenvalue weighted by Crippen LogP contribution is 1.85. The number of nitrogens with one attached hydrogen (secondary N) is 1. The summed E-state index contributed by atoms with van der Waals surface area (Å²) in [6.45, 7) is 1.28. The van der Waals surface area contributed by atoms with Crippen LogP contribution in [0.1, 0.15) is 0 Å². The zero-order chi connectivity index (χ0) is 8.69. The summed E-state index contributed by atoms with van der Waals surface area (Å²) in [4.78, 5) is 10.7. The molecule has 1 radical (unpaired) electrons. The summed E-state index contributed by atoms with van der Waals surface area (Å²) < 4.78 is 8.92. The van der Waals surface area contributed by atoms with Crippen LogP contribution in [0.15, 0.2) is 0 Å². The number of carbonyl (C=O) groups is 1. The van der Waals surface area contributed by atoms with Crippen molar-refractivity contribution < 1.29 is 19.4 Å². The molecule has 0 aromatic heterocycles. The molecule has 0 rings (SSSR count). The Labute approximate surface area is 65.9 Å². The highest BCUT2D eigenvalue weighted by Gasteiger charge is 2.16. The number of aliphatic hydroxyl groups excluding tert-OH is 1. The van der Waals surface area contributed by atoms with E-state index in [9.17, 15) is 4.79 Å². The van der Waals surface area contributed by atoms with Gasteiger partial charge in [-0.1, -0.05) is 6.82 Å². The van der Waals surface area contributed by atoms with Crippen molar-refractivity contribution in [1.82, 2.24) is 5.48 Å². The van der Waals surface area contributed by atoms with E-state index in [4.69, 9.17) is 5.11 Å². The number of rotatable bonds is 5. The van der Waals surface area contributed by atoms with E-state index in [1.807, 2.05) is 0 Å². The number of aliphatic hydroxyl groups is 1. The SMILES string of the molecule is C[B]ONC(CO)C(=O)OC. The fourth-order valence-corrected chi connectivity index (χ4v) is 0.452. The molecule has 0 aliphatic heterocycles. The molecule has 2 N–H and O–H groups in total. The van der Waals surface area contributed by atoms with Crippen molar-refractivity contribution in [3.05, 3.63) is 0 Å². The van der Waals surface area contributed by atoms with Gasteiger partial charge in [0.1, 0.15) is 0 Å². The topological polar surface area (TPSA) is 67.8 Å². The molecule has 0 aromatic carbocycles. The van der Waals surface area contributed by atoms with E-state index in [1.165, 1.54) is 14.6 Å². The van der Waals surface area contributed by atoms with E-state index in [-0.39, 0.29) is 6.61 Å². The van der Waals surface area contributed by atoms with Crippen LogP contribution in [-0.2, 0) is 14.3 Å². The Hall–Kier alpha value is -0.585. The first-order valence-electron chi connectivity index (χ1n) is 3.14. The Bertz CT molecular complexity index is 121. The van der Waals surface area contributed by atoms with Crippen molar-refractivity contribution in [1.29, 1.82) is 0 Å². The van der Waals surface area contributed by atoms with Crippen LogP contribution in [0.25, 0.3) is 0 Å². The Morgan fingerprint density at radius 2 is 2.45 bits per heavy atom. The van der Waals surface area contributed by atoms with Gasteiger partial charge in [0.05, 0.1) is 13.7 Å². The van der Waals surface area contributed by atoms with Crippen molar-refractivity contribution in [2.75, 3.05) is 13.7 Å². The second-order valence-corrected chi connectivity index (χ2v) is 1.73. The lowest BCUT2D eigenvalue weighted by Crippen LogP contribution is -2.40. The minimum Gasteiger partial charge on any atom is -0.468 e. The maximum absolute atomic E-state index is 10.7. The molecule has 0 aromatic rings. The molecule has 0 aliphatic carbocycles. The number of hydrogen-bond acceptors (Lipinski definition) is 5. The van der Waals surface area contributed by atoms with E-state index in [0.717, 1.165) is 0 Å². The predicted molar refractivity (Wildman–Crippen MR) is 38.7 cm³/mol. The van der Waals surface area contributed by atoms with Crippen LogP contribution in [-0.4, -0.2) is 38.3 Å². The number of methoxy groups -OCH3 is 1. The molecule has 0 heterocycles. The van der Waals surface area contributed by atoms with Gasteiger partial charge in [-0.25, -0.2) is 5.48 Å². The number of hydroxylamine groups is 1. The van der Waals surface area contributed by atoms with Crippen molar-refractivity contribution in [2.45, 2.75) is 12.9 Å². The van der Waals surface area contributed by atoms with Crippen LogP contribution >= 0.6 is 0 Å². The number of ether oxygens (including phenoxy) is 1. The Morgan fingerprint density at radius 1 is 1.82 bits per heavy atom. The summed E-state index contributed by atoms with van der Waals surface area (Å²) >= 11 is 0. The fraction of sp³-hybridized carbons (Fsp3) is 0.800. The summed E-state index contributed by atoms with van der Waals surface area (Å²) in [5.41, 5.74) is 2.29. The van der Waals surface area contributed by atoms with Crippen molar-refractivity contribution >= 4 is 13.5 Å². The van der Waals surface area contributed by atoms with E-state index in [2.05, 4.69) is 15.0 Å². The molecular formula is C5H11BNO4. The summed E-state index contributed by atoms with van der Waals surface area (Å²) in [5.74, 6) is -0.561. The Morgan fingerprint density at radius 3 is 2.82 bits per heavy atom. The minimum atomic E-state index is -0.823. The predicted octanol–water partition coefficient (Wildman–Crippen LogP) is -1.29. The van der Waals surface area contributed by atoms with Crippen LogP contribution in [0, 0.1) is 0 Å². The van der Waals surface area contributed by atoms with Gasteiger partial charge in [0, 0.05) is 0 Å². The summed E-state index contributed by atoms with van der Waals surface area (Å²) in [6.07, 6.45) is 0. The highest BCUT2D eigenvalue weighted by molar-refractivity contribution is 6.24. The zero-order valence-corrected chi connectivity index (χ0v) is 6.53. The maximum Gasteiger partial charge on any atom is 0.327 e. The average molecular weight is 160 g/mol. The minimum absolute atomic E-state index is 0.361. The molecule has 11 heavy (non-hydrogen) atoms. The largest absolute Gasteiger partial charge is 0.468 e. The monoisotopic (exact) mass is 160 g/mol. The van der Waals surface area contributed by atoms with Crippen molar-refractivity contribution in [3.8, 4) is 0 Å². The number of carbonyl (C=O) groups excluding carboxylic acids is 1. The van der Waals surface area contributed by atoms with Crippen LogP contribution in [0.3, 0.4) is 0 Å². The molecule has 0 saturated heterocycles. The summed E-state index contributed by atoms with van der Waals surface area (Å²) in [5, 5.41) is 8.60. The molecule has 0 bridgehead atoms. The molecule has 0 amide bonds. The fourth-order valence-electron chi connectivity index (χ4n) is 0.452. The molecule has 1 atom stereocenters. The molecule has 0 saturated carbocycles. The Kier molecular flexibility index (Phi) is 5.82. The molecule has 5 nitrogen and oxygen atoms in total. The van der Waals surface area contributed by atoms with Gasteiger partial charge in [-0.15, -0.1) is 0 Å². The third-order valence-electron chi connectivity index (χ3n) is 0.996. The third-order valence-corrected chi connectivity index (χ3v) is 0.996. The second kappa shape index (κ2) is 6.15. The first-order valence-corrected chi connectivity index (χ1v) is 3.14. The van der Waals surface area contributed by atoms with Crippen LogP contribution in [0.5, 0.6) is 0 Å². The number of hydrogen-bond donors (Lipinski definition) is 2. The zero-order valence-electron chi connectivity index (χ0n) is 6.53. The van der Waals surface area contributed by atoms with Crippen LogP contribution in [0.2, 0.25) is 6.82 Å². The van der Waals surface area contributed by atoms with Crippen LogP contribution < -0.4 is 5.48 Å². The molecule has 63 valence electrons. The normalized spacial score (nSPS) is 12.3. The third kappa shape index (κ3) is 3.97. The van der Waals surface area contributed by atoms with Crippen molar-refractivity contribution in [2.24, 2.45) is 0 Å². The summed E-state index contributed by atoms with van der Waals surface area (Å²) in [7, 11) is 2.59. The Balaban J connectivity index is 3.65. The maximum atomic E-state index is 10.7. The van der Waals surface area contributed by atoms with Crippen LogP contribution in [0.4, 0.5) is 0 Å². The highest BCUT2D eigenvalue weighted by atomic mass is 16.6. The second-order valence-electron chi connectivity index (χ2n) is 1.73. The van der Waals surface area contributed by atoms with Gasteiger partial charge >= 0.3 is 13.5 Å². The lowest BCUT2D eigenvalue weighted by atomic mass is 10.1.